The molecule has 0 fully saturated rings. The first-order chi connectivity index (χ1) is 7.10. The third kappa shape index (κ3) is 4.70. The van der Waals surface area contributed by atoms with Crippen molar-refractivity contribution in [1.82, 2.24) is 0 Å². The molecule has 0 aromatic rings. The molecule has 2 heteroatoms. The van der Waals surface area contributed by atoms with E-state index in [1.807, 2.05) is 6.92 Å². The molecule has 0 saturated heterocycles. The Labute approximate surface area is 95.1 Å². The SMILES string of the molecule is C=NC(C)C(C[C@@H](CC)C(C)CC)O[CH2+]. The molecule has 3 unspecified atom stereocenters. The summed E-state index contributed by atoms with van der Waals surface area (Å²) in [5.74, 6) is 1.44. The van der Waals surface area contributed by atoms with Gasteiger partial charge in [0.25, 0.3) is 0 Å². The predicted octanol–water partition coefficient (Wildman–Crippen LogP) is 3.71. The second-order valence-electron chi connectivity index (χ2n) is 4.42. The summed E-state index contributed by atoms with van der Waals surface area (Å²) in [6.07, 6.45) is 3.56. The molecule has 0 N–H and O–H groups in total. The van der Waals surface area contributed by atoms with Crippen molar-refractivity contribution in [1.29, 1.82) is 0 Å². The summed E-state index contributed by atoms with van der Waals surface area (Å²) in [6, 6.07) is 0.139. The number of aliphatic imine (C=N–C) groups is 1. The molecule has 0 radical (unpaired) electrons. The van der Waals surface area contributed by atoms with Crippen molar-refractivity contribution < 1.29 is 4.74 Å². The quantitative estimate of drug-likeness (QED) is 0.444. The maximum absolute atomic E-state index is 5.25. The minimum atomic E-state index is 0.112. The molecule has 0 spiro atoms. The van der Waals surface area contributed by atoms with Gasteiger partial charge in [-0.3, -0.25) is 4.99 Å². The van der Waals surface area contributed by atoms with Crippen molar-refractivity contribution in [3.05, 3.63) is 7.11 Å². The molecule has 0 aliphatic heterocycles. The van der Waals surface area contributed by atoms with E-state index in [0.717, 1.165) is 12.3 Å². The highest BCUT2D eigenvalue weighted by molar-refractivity contribution is 5.24. The Morgan fingerprint density at radius 1 is 1.27 bits per heavy atom. The van der Waals surface area contributed by atoms with Crippen molar-refractivity contribution in [2.75, 3.05) is 0 Å². The van der Waals surface area contributed by atoms with Crippen molar-refractivity contribution >= 4 is 6.72 Å². The van der Waals surface area contributed by atoms with Gasteiger partial charge in [-0.15, -0.1) is 0 Å². The largest absolute Gasteiger partial charge is 0.295 e. The maximum Gasteiger partial charge on any atom is 0.213 e. The third-order valence-corrected chi connectivity index (χ3v) is 3.55. The Bertz CT molecular complexity index is 170. The van der Waals surface area contributed by atoms with Crippen molar-refractivity contribution in [3.8, 4) is 0 Å². The van der Waals surface area contributed by atoms with Gasteiger partial charge >= 0.3 is 0 Å². The molecule has 0 aromatic carbocycles. The molecule has 2 nitrogen and oxygen atoms in total. The molecule has 0 aliphatic carbocycles. The lowest BCUT2D eigenvalue weighted by Gasteiger charge is -2.25. The van der Waals surface area contributed by atoms with Crippen molar-refractivity contribution in [2.45, 2.75) is 59.1 Å². The molecule has 0 heterocycles. The molecule has 0 bridgehead atoms. The van der Waals surface area contributed by atoms with Crippen LogP contribution in [0, 0.1) is 18.9 Å². The summed E-state index contributed by atoms with van der Waals surface area (Å²) >= 11 is 0. The Kier molecular flexibility index (Phi) is 7.49. The summed E-state index contributed by atoms with van der Waals surface area (Å²) in [4.78, 5) is 4.02. The van der Waals surface area contributed by atoms with Gasteiger partial charge in [-0.05, 0) is 31.9 Å². The average Bonchev–Trinajstić information content (AvgIpc) is 2.28. The third-order valence-electron chi connectivity index (χ3n) is 3.55. The zero-order valence-corrected chi connectivity index (χ0v) is 10.7. The summed E-state index contributed by atoms with van der Waals surface area (Å²) < 4.78 is 5.25. The zero-order chi connectivity index (χ0) is 11.8. The highest BCUT2D eigenvalue weighted by atomic mass is 16.5. The van der Waals surface area contributed by atoms with Crippen molar-refractivity contribution in [2.24, 2.45) is 16.8 Å². The van der Waals surface area contributed by atoms with Gasteiger partial charge in [-0.1, -0.05) is 33.6 Å². The monoisotopic (exact) mass is 212 g/mol. The molecule has 0 amide bonds. The molecule has 4 atom stereocenters. The second-order valence-corrected chi connectivity index (χ2v) is 4.42. The first-order valence-electron chi connectivity index (χ1n) is 5.97. The molecule has 0 saturated carbocycles. The van der Waals surface area contributed by atoms with Crippen LogP contribution in [0.15, 0.2) is 4.99 Å². The maximum atomic E-state index is 5.25. The van der Waals surface area contributed by atoms with Gasteiger partial charge in [-0.2, -0.15) is 4.74 Å². The fourth-order valence-corrected chi connectivity index (χ4v) is 1.95. The van der Waals surface area contributed by atoms with E-state index in [0.29, 0.717) is 5.92 Å². The fourth-order valence-electron chi connectivity index (χ4n) is 1.95. The molecular weight excluding hydrogens is 186 g/mol. The highest BCUT2D eigenvalue weighted by Gasteiger charge is 2.25. The van der Waals surface area contributed by atoms with Crippen LogP contribution in [-0.4, -0.2) is 18.9 Å². The smallest absolute Gasteiger partial charge is 0.213 e. The van der Waals surface area contributed by atoms with Gasteiger partial charge in [0.05, 0.1) is 6.04 Å². The summed E-state index contributed by atoms with van der Waals surface area (Å²) in [5.41, 5.74) is 0. The molecule has 15 heavy (non-hydrogen) atoms. The highest BCUT2D eigenvalue weighted by Crippen LogP contribution is 2.26. The normalized spacial score (nSPS) is 19.2. The Morgan fingerprint density at radius 3 is 2.20 bits per heavy atom. The first kappa shape index (κ1) is 14.5. The second kappa shape index (κ2) is 7.75. The van der Waals surface area contributed by atoms with E-state index in [1.54, 1.807) is 0 Å². The molecule has 0 aliphatic rings. The van der Waals surface area contributed by atoms with Crippen LogP contribution in [0.25, 0.3) is 0 Å². The van der Waals surface area contributed by atoms with Crippen LogP contribution in [0.2, 0.25) is 0 Å². The topological polar surface area (TPSA) is 21.6 Å². The molecule has 0 aromatic heterocycles. The predicted molar refractivity (Wildman–Crippen MR) is 67.1 cm³/mol. The van der Waals surface area contributed by atoms with E-state index >= 15 is 0 Å². The number of ether oxygens (including phenoxy) is 1. The van der Waals surface area contributed by atoms with Crippen LogP contribution in [0.1, 0.15) is 47.0 Å². The van der Waals surface area contributed by atoms with Gasteiger partial charge < -0.3 is 0 Å². The van der Waals surface area contributed by atoms with Gasteiger partial charge in [0.2, 0.25) is 7.11 Å². The lowest BCUT2D eigenvalue weighted by atomic mass is 9.84. The number of rotatable bonds is 8. The van der Waals surface area contributed by atoms with Gasteiger partial charge in [0.1, 0.15) is 6.10 Å². The van der Waals surface area contributed by atoms with Crippen LogP contribution in [0.3, 0.4) is 0 Å². The minimum absolute atomic E-state index is 0.112. The first-order valence-corrected chi connectivity index (χ1v) is 5.97. The van der Waals surface area contributed by atoms with E-state index in [2.05, 4.69) is 39.6 Å². The molecule has 88 valence electrons. The minimum Gasteiger partial charge on any atom is -0.295 e. The van der Waals surface area contributed by atoms with Gasteiger partial charge in [-0.25, -0.2) is 0 Å². The zero-order valence-electron chi connectivity index (χ0n) is 10.7. The Hall–Kier alpha value is -0.500. The molecular formula is C13H26NO+. The van der Waals surface area contributed by atoms with Crippen molar-refractivity contribution in [3.63, 3.8) is 0 Å². The lowest BCUT2D eigenvalue weighted by Crippen LogP contribution is -2.28. The average molecular weight is 212 g/mol. The Morgan fingerprint density at radius 2 is 1.87 bits per heavy atom. The summed E-state index contributed by atoms with van der Waals surface area (Å²) in [7, 11) is 3.54. The number of nitrogens with zero attached hydrogens (tertiary/aromatic N) is 1. The van der Waals surface area contributed by atoms with Crippen LogP contribution >= 0.6 is 0 Å². The summed E-state index contributed by atoms with van der Waals surface area (Å²) in [6.45, 7) is 12.4. The lowest BCUT2D eigenvalue weighted by molar-refractivity contribution is 0.0813. The van der Waals surface area contributed by atoms with Crippen LogP contribution in [-0.2, 0) is 4.74 Å². The van der Waals surface area contributed by atoms with E-state index in [-0.39, 0.29) is 12.1 Å². The van der Waals surface area contributed by atoms with Crippen LogP contribution < -0.4 is 0 Å². The summed E-state index contributed by atoms with van der Waals surface area (Å²) in [5, 5.41) is 0. The van der Waals surface area contributed by atoms with E-state index < -0.39 is 0 Å². The molecule has 0 rings (SSSR count). The van der Waals surface area contributed by atoms with Crippen LogP contribution in [0.4, 0.5) is 0 Å². The van der Waals surface area contributed by atoms with E-state index in [9.17, 15) is 0 Å². The fraction of sp³-hybridized carbons (Fsp3) is 0.846. The standard InChI is InChI=1S/C13H26NO/c1-7-10(3)12(8-2)9-13(15-6)11(4)14-5/h10-13H,5-9H2,1-4H3/q+1/t10?,11?,12-,13?/m1/s1. The van der Waals surface area contributed by atoms with Gasteiger partial charge in [0.15, 0.2) is 0 Å². The van der Waals surface area contributed by atoms with Gasteiger partial charge in [0, 0.05) is 0 Å². The number of hydrogen-bond donors (Lipinski definition) is 0. The Balaban J connectivity index is 4.29. The number of hydrogen-bond acceptors (Lipinski definition) is 2. The van der Waals surface area contributed by atoms with E-state index in [4.69, 9.17) is 4.74 Å². The van der Waals surface area contributed by atoms with E-state index in [1.165, 1.54) is 12.8 Å². The van der Waals surface area contributed by atoms with Crippen LogP contribution in [0.5, 0.6) is 0 Å².